The molecule has 0 radical (unpaired) electrons. The van der Waals surface area contributed by atoms with E-state index in [9.17, 15) is 14.4 Å². The molecule has 0 aliphatic heterocycles. The monoisotopic (exact) mass is 479 g/mol. The van der Waals surface area contributed by atoms with Crippen LogP contribution in [0, 0.1) is 6.92 Å². The number of carbonyl (C=O) groups is 3. The van der Waals surface area contributed by atoms with E-state index in [1.165, 1.54) is 0 Å². The largest absolute Gasteiger partial charge is 0.477 e. The topological polar surface area (TPSA) is 118 Å². The number of alkyl carbamates (subject to hydrolysis) is 1. The Balaban J connectivity index is 1.33. The first-order valence-corrected chi connectivity index (χ1v) is 11.8. The molecule has 0 saturated carbocycles. The molecule has 176 valence electrons. The molecule has 2 amide bonds. The standard InChI is InChI=1S/C25H25N3O5S/c1-3-20(23(29)26-12-21-27-14(2)22(34-21)24(30)31)28-25(32)33-13-19-17-10-6-4-8-15(17)16-9-5-7-11-18(16)19/h4-11,19-20H,3,12-13H2,1-2H3,(H,26,29)(H,28,32)(H,30,31)/t20-/m1/s1. The summed E-state index contributed by atoms with van der Waals surface area (Å²) in [5.74, 6) is -1.50. The smallest absolute Gasteiger partial charge is 0.407 e. The van der Waals surface area contributed by atoms with Crippen molar-refractivity contribution in [3.63, 3.8) is 0 Å². The lowest BCUT2D eigenvalue weighted by Crippen LogP contribution is -2.46. The van der Waals surface area contributed by atoms with Gasteiger partial charge < -0.3 is 20.5 Å². The number of nitrogens with one attached hydrogen (secondary N) is 2. The summed E-state index contributed by atoms with van der Waals surface area (Å²) in [4.78, 5) is 40.6. The number of carboxylic acids is 1. The van der Waals surface area contributed by atoms with Crippen molar-refractivity contribution in [1.29, 1.82) is 0 Å². The molecule has 1 aromatic heterocycles. The zero-order valence-electron chi connectivity index (χ0n) is 18.8. The number of thiazole rings is 1. The van der Waals surface area contributed by atoms with Gasteiger partial charge in [0.1, 0.15) is 22.5 Å². The van der Waals surface area contributed by atoms with Crippen molar-refractivity contribution in [2.24, 2.45) is 0 Å². The van der Waals surface area contributed by atoms with Crippen LogP contribution in [-0.2, 0) is 16.1 Å². The Labute approximate surface area is 201 Å². The van der Waals surface area contributed by atoms with Gasteiger partial charge in [-0.3, -0.25) is 4.79 Å². The molecule has 0 bridgehead atoms. The normalized spacial score (nSPS) is 13.0. The van der Waals surface area contributed by atoms with Crippen molar-refractivity contribution in [1.82, 2.24) is 15.6 Å². The van der Waals surface area contributed by atoms with E-state index in [4.69, 9.17) is 9.84 Å². The molecule has 8 nitrogen and oxygen atoms in total. The number of hydrogen-bond donors (Lipinski definition) is 3. The van der Waals surface area contributed by atoms with Crippen LogP contribution in [-0.4, -0.2) is 40.7 Å². The van der Waals surface area contributed by atoms with Gasteiger partial charge in [-0.15, -0.1) is 11.3 Å². The number of carbonyl (C=O) groups excluding carboxylic acids is 2. The van der Waals surface area contributed by atoms with E-state index in [-0.39, 0.29) is 29.9 Å². The van der Waals surface area contributed by atoms with E-state index in [0.29, 0.717) is 17.1 Å². The number of rotatable bonds is 8. The molecule has 2 aromatic carbocycles. The molecule has 1 atom stereocenters. The molecule has 34 heavy (non-hydrogen) atoms. The molecule has 4 rings (SSSR count). The zero-order chi connectivity index (χ0) is 24.2. The second-order valence-corrected chi connectivity index (χ2v) is 9.06. The Morgan fingerprint density at radius 3 is 2.26 bits per heavy atom. The Morgan fingerprint density at radius 2 is 1.71 bits per heavy atom. The summed E-state index contributed by atoms with van der Waals surface area (Å²) in [6.07, 6.45) is -0.296. The number of fused-ring (bicyclic) bond motifs is 3. The van der Waals surface area contributed by atoms with Gasteiger partial charge in [-0.25, -0.2) is 14.6 Å². The van der Waals surface area contributed by atoms with Gasteiger partial charge in [-0.2, -0.15) is 0 Å². The Bertz CT molecular complexity index is 1190. The maximum atomic E-state index is 12.6. The van der Waals surface area contributed by atoms with Crippen LogP contribution >= 0.6 is 11.3 Å². The van der Waals surface area contributed by atoms with Gasteiger partial charge in [0.25, 0.3) is 0 Å². The minimum Gasteiger partial charge on any atom is -0.477 e. The van der Waals surface area contributed by atoms with Gasteiger partial charge in [0.15, 0.2) is 0 Å². The number of ether oxygens (including phenoxy) is 1. The summed E-state index contributed by atoms with van der Waals surface area (Å²) < 4.78 is 5.52. The number of aromatic carboxylic acids is 1. The van der Waals surface area contributed by atoms with Crippen LogP contribution in [0.3, 0.4) is 0 Å². The highest BCUT2D eigenvalue weighted by atomic mass is 32.1. The van der Waals surface area contributed by atoms with Crippen LogP contribution in [0.1, 0.15) is 50.8 Å². The van der Waals surface area contributed by atoms with E-state index in [0.717, 1.165) is 33.6 Å². The first-order valence-electron chi connectivity index (χ1n) is 11.0. The van der Waals surface area contributed by atoms with Crippen molar-refractivity contribution in [2.75, 3.05) is 6.61 Å². The number of carboxylic acid groups (broad SMARTS) is 1. The molecule has 3 aromatic rings. The number of hydrogen-bond acceptors (Lipinski definition) is 6. The van der Waals surface area contributed by atoms with Gasteiger partial charge in [0, 0.05) is 5.92 Å². The van der Waals surface area contributed by atoms with Crippen LogP contribution in [0.25, 0.3) is 11.1 Å². The molecule has 0 fully saturated rings. The Hall–Kier alpha value is -3.72. The molecule has 1 aliphatic carbocycles. The third-order valence-electron chi connectivity index (χ3n) is 5.81. The van der Waals surface area contributed by atoms with Gasteiger partial charge in [-0.1, -0.05) is 55.5 Å². The number of aryl methyl sites for hydroxylation is 1. The fourth-order valence-electron chi connectivity index (χ4n) is 4.15. The summed E-state index contributed by atoms with van der Waals surface area (Å²) in [5, 5.41) is 15.0. The average Bonchev–Trinajstić information content (AvgIpc) is 3.37. The maximum absolute atomic E-state index is 12.6. The average molecular weight is 480 g/mol. The fourth-order valence-corrected chi connectivity index (χ4v) is 4.99. The summed E-state index contributed by atoms with van der Waals surface area (Å²) in [7, 11) is 0. The van der Waals surface area contributed by atoms with Gasteiger partial charge >= 0.3 is 12.1 Å². The van der Waals surface area contributed by atoms with E-state index in [2.05, 4.69) is 27.8 Å². The first-order chi connectivity index (χ1) is 16.4. The summed E-state index contributed by atoms with van der Waals surface area (Å²) in [6, 6.07) is 15.4. The summed E-state index contributed by atoms with van der Waals surface area (Å²) >= 11 is 1.02. The van der Waals surface area contributed by atoms with Crippen molar-refractivity contribution < 1.29 is 24.2 Å². The van der Waals surface area contributed by atoms with Gasteiger partial charge in [0.2, 0.25) is 5.91 Å². The fraction of sp³-hybridized carbons (Fsp3) is 0.280. The predicted molar refractivity (Wildman–Crippen MR) is 128 cm³/mol. The minimum absolute atomic E-state index is 0.0661. The van der Waals surface area contributed by atoms with Crippen LogP contribution in [0.4, 0.5) is 4.79 Å². The van der Waals surface area contributed by atoms with Crippen molar-refractivity contribution in [2.45, 2.75) is 38.8 Å². The van der Waals surface area contributed by atoms with Gasteiger partial charge in [-0.05, 0) is 35.6 Å². The second-order valence-electron chi connectivity index (χ2n) is 7.98. The summed E-state index contributed by atoms with van der Waals surface area (Å²) in [5.41, 5.74) is 4.91. The quantitative estimate of drug-likeness (QED) is 0.448. The second kappa shape index (κ2) is 10.0. The third-order valence-corrected chi connectivity index (χ3v) is 6.95. The van der Waals surface area contributed by atoms with E-state index in [1.54, 1.807) is 13.8 Å². The zero-order valence-corrected chi connectivity index (χ0v) is 19.6. The van der Waals surface area contributed by atoms with Crippen molar-refractivity contribution in [3.05, 3.63) is 75.2 Å². The lowest BCUT2D eigenvalue weighted by molar-refractivity contribution is -0.123. The van der Waals surface area contributed by atoms with Crippen LogP contribution in [0.2, 0.25) is 0 Å². The Kier molecular flexibility index (Phi) is 6.93. The molecular formula is C25H25N3O5S. The Morgan fingerprint density at radius 1 is 1.09 bits per heavy atom. The molecular weight excluding hydrogens is 454 g/mol. The van der Waals surface area contributed by atoms with Crippen molar-refractivity contribution in [3.8, 4) is 11.1 Å². The van der Waals surface area contributed by atoms with E-state index in [1.807, 2.05) is 36.4 Å². The predicted octanol–water partition coefficient (Wildman–Crippen LogP) is 4.08. The van der Waals surface area contributed by atoms with E-state index >= 15 is 0 Å². The molecule has 0 saturated heterocycles. The SMILES string of the molecule is CC[C@@H](NC(=O)OCC1c2ccccc2-c2ccccc21)C(=O)NCc1nc(C)c(C(=O)O)s1. The molecule has 1 heterocycles. The lowest BCUT2D eigenvalue weighted by atomic mass is 9.98. The molecule has 0 unspecified atom stereocenters. The summed E-state index contributed by atoms with van der Waals surface area (Å²) in [6.45, 7) is 3.64. The number of benzene rings is 2. The molecule has 3 N–H and O–H groups in total. The highest BCUT2D eigenvalue weighted by Crippen LogP contribution is 2.44. The van der Waals surface area contributed by atoms with Gasteiger partial charge in [0.05, 0.1) is 12.2 Å². The van der Waals surface area contributed by atoms with Crippen molar-refractivity contribution >= 4 is 29.3 Å². The van der Waals surface area contributed by atoms with Crippen LogP contribution in [0.5, 0.6) is 0 Å². The van der Waals surface area contributed by atoms with E-state index < -0.39 is 18.1 Å². The molecule has 1 aliphatic rings. The first kappa shape index (κ1) is 23.4. The highest BCUT2D eigenvalue weighted by molar-refractivity contribution is 7.13. The maximum Gasteiger partial charge on any atom is 0.407 e. The third kappa shape index (κ3) is 4.79. The lowest BCUT2D eigenvalue weighted by Gasteiger charge is -2.18. The van der Waals surface area contributed by atoms with Crippen LogP contribution < -0.4 is 10.6 Å². The molecule has 9 heteroatoms. The van der Waals surface area contributed by atoms with Crippen LogP contribution in [0.15, 0.2) is 48.5 Å². The minimum atomic E-state index is -1.05. The number of nitrogens with zero attached hydrogens (tertiary/aromatic N) is 1. The number of aromatic nitrogens is 1. The number of amides is 2. The highest BCUT2D eigenvalue weighted by Gasteiger charge is 2.29. The molecule has 0 spiro atoms.